The van der Waals surface area contributed by atoms with Gasteiger partial charge in [-0.15, -0.1) is 11.3 Å². The number of aliphatic hydroxyl groups is 1. The molecule has 86 valence electrons. The van der Waals surface area contributed by atoms with Crippen molar-refractivity contribution < 1.29 is 5.11 Å². The Bertz CT molecular complexity index is 500. The fraction of sp³-hybridized carbons (Fsp3) is 0.400. The molecule has 0 amide bonds. The predicted octanol–water partition coefficient (Wildman–Crippen LogP) is 2.31. The van der Waals surface area contributed by atoms with E-state index in [4.69, 9.17) is 16.7 Å². The van der Waals surface area contributed by atoms with Crippen molar-refractivity contribution in [2.75, 3.05) is 18.5 Å². The lowest BCUT2D eigenvalue weighted by Crippen LogP contribution is -2.07. The van der Waals surface area contributed by atoms with E-state index in [-0.39, 0.29) is 11.9 Å². The van der Waals surface area contributed by atoms with Crippen molar-refractivity contribution in [1.82, 2.24) is 9.97 Å². The highest BCUT2D eigenvalue weighted by Gasteiger charge is 2.09. The number of rotatable bonds is 4. The molecule has 2 heterocycles. The summed E-state index contributed by atoms with van der Waals surface area (Å²) in [5.41, 5.74) is 0. The number of halogens is 1. The summed E-state index contributed by atoms with van der Waals surface area (Å²) in [5.74, 6) is 0.694. The minimum Gasteiger partial charge on any atom is -0.395 e. The summed E-state index contributed by atoms with van der Waals surface area (Å²) in [4.78, 5) is 10.4. The van der Waals surface area contributed by atoms with E-state index in [9.17, 15) is 0 Å². The van der Waals surface area contributed by atoms with Crippen molar-refractivity contribution >= 4 is 39.0 Å². The Labute approximate surface area is 102 Å². The standard InChI is InChI=1S/C10H12ClN3OS/c1-2-6-5-7-8(12-3-4-15)13-10(11)14-9(7)16-6/h5,15H,2-4H2,1H3,(H,12,13,14). The van der Waals surface area contributed by atoms with Gasteiger partial charge in [0.1, 0.15) is 10.6 Å². The van der Waals surface area contributed by atoms with Crippen molar-refractivity contribution in [3.63, 3.8) is 0 Å². The summed E-state index contributed by atoms with van der Waals surface area (Å²) in [5, 5.41) is 13.0. The molecule has 0 aromatic carbocycles. The summed E-state index contributed by atoms with van der Waals surface area (Å²) >= 11 is 7.46. The van der Waals surface area contributed by atoms with Crippen LogP contribution in [-0.2, 0) is 6.42 Å². The molecule has 0 atom stereocenters. The molecule has 2 N–H and O–H groups in total. The van der Waals surface area contributed by atoms with Crippen LogP contribution >= 0.6 is 22.9 Å². The number of hydrogen-bond acceptors (Lipinski definition) is 5. The van der Waals surface area contributed by atoms with Gasteiger partial charge in [0, 0.05) is 11.4 Å². The number of nitrogens with zero attached hydrogens (tertiary/aromatic N) is 2. The zero-order valence-electron chi connectivity index (χ0n) is 8.83. The third-order valence-corrected chi connectivity index (χ3v) is 3.51. The molecule has 0 unspecified atom stereocenters. The largest absolute Gasteiger partial charge is 0.395 e. The van der Waals surface area contributed by atoms with Crippen molar-refractivity contribution in [2.24, 2.45) is 0 Å². The van der Waals surface area contributed by atoms with Gasteiger partial charge in [0.2, 0.25) is 5.28 Å². The van der Waals surface area contributed by atoms with E-state index < -0.39 is 0 Å². The number of hydrogen-bond donors (Lipinski definition) is 2. The number of nitrogens with one attached hydrogen (secondary N) is 1. The number of thiophene rings is 1. The van der Waals surface area contributed by atoms with Crippen LogP contribution in [0, 0.1) is 0 Å². The first-order valence-electron chi connectivity index (χ1n) is 5.05. The van der Waals surface area contributed by atoms with E-state index in [1.165, 1.54) is 4.88 Å². The van der Waals surface area contributed by atoms with Crippen molar-refractivity contribution in [2.45, 2.75) is 13.3 Å². The fourth-order valence-corrected chi connectivity index (χ4v) is 2.61. The van der Waals surface area contributed by atoms with Crippen LogP contribution in [0.25, 0.3) is 10.2 Å². The highest BCUT2D eigenvalue weighted by Crippen LogP contribution is 2.30. The summed E-state index contributed by atoms with van der Waals surface area (Å²) < 4.78 is 0. The van der Waals surface area contributed by atoms with E-state index in [1.54, 1.807) is 11.3 Å². The number of anilines is 1. The predicted molar refractivity (Wildman–Crippen MR) is 67.4 cm³/mol. The smallest absolute Gasteiger partial charge is 0.225 e. The molecule has 2 rings (SSSR count). The van der Waals surface area contributed by atoms with Gasteiger partial charge in [0.05, 0.1) is 12.0 Å². The van der Waals surface area contributed by atoms with E-state index >= 15 is 0 Å². The third kappa shape index (κ3) is 2.26. The van der Waals surface area contributed by atoms with E-state index in [0.29, 0.717) is 12.4 Å². The van der Waals surface area contributed by atoms with Crippen LogP contribution in [0.15, 0.2) is 6.07 Å². The summed E-state index contributed by atoms with van der Waals surface area (Å²) in [6.45, 7) is 2.62. The van der Waals surface area contributed by atoms with Crippen molar-refractivity contribution in [3.05, 3.63) is 16.2 Å². The van der Waals surface area contributed by atoms with Gasteiger partial charge in [-0.25, -0.2) is 9.97 Å². The van der Waals surface area contributed by atoms with Gasteiger partial charge in [-0.1, -0.05) is 6.92 Å². The molecule has 0 spiro atoms. The number of fused-ring (bicyclic) bond motifs is 1. The van der Waals surface area contributed by atoms with Gasteiger partial charge in [0.15, 0.2) is 0 Å². The first-order chi connectivity index (χ1) is 7.74. The lowest BCUT2D eigenvalue weighted by Gasteiger charge is -2.04. The Morgan fingerprint density at radius 1 is 1.50 bits per heavy atom. The van der Waals surface area contributed by atoms with E-state index in [1.807, 2.05) is 0 Å². The first-order valence-corrected chi connectivity index (χ1v) is 6.24. The van der Waals surface area contributed by atoms with Gasteiger partial charge in [-0.3, -0.25) is 0 Å². The van der Waals surface area contributed by atoms with E-state index in [2.05, 4.69) is 28.3 Å². The number of aryl methyl sites for hydroxylation is 1. The molecule has 4 nitrogen and oxygen atoms in total. The maximum Gasteiger partial charge on any atom is 0.225 e. The normalized spacial score (nSPS) is 10.9. The molecular formula is C10H12ClN3OS. The average Bonchev–Trinajstić information content (AvgIpc) is 2.68. The van der Waals surface area contributed by atoms with Gasteiger partial charge in [0.25, 0.3) is 0 Å². The van der Waals surface area contributed by atoms with Crippen LogP contribution in [0.4, 0.5) is 5.82 Å². The fourth-order valence-electron chi connectivity index (χ4n) is 1.43. The summed E-state index contributed by atoms with van der Waals surface area (Å²) in [6.07, 6.45) is 0.970. The molecule has 0 fully saturated rings. The van der Waals surface area contributed by atoms with Crippen LogP contribution in [0.5, 0.6) is 0 Å². The van der Waals surface area contributed by atoms with Crippen LogP contribution < -0.4 is 5.32 Å². The van der Waals surface area contributed by atoms with Crippen LogP contribution in [0.1, 0.15) is 11.8 Å². The Morgan fingerprint density at radius 3 is 3.00 bits per heavy atom. The highest BCUT2D eigenvalue weighted by atomic mass is 35.5. The second-order valence-electron chi connectivity index (χ2n) is 3.28. The van der Waals surface area contributed by atoms with Crippen LogP contribution in [0.2, 0.25) is 5.28 Å². The lowest BCUT2D eigenvalue weighted by molar-refractivity contribution is 0.311. The number of aliphatic hydroxyl groups excluding tert-OH is 1. The molecular weight excluding hydrogens is 246 g/mol. The highest BCUT2D eigenvalue weighted by molar-refractivity contribution is 7.18. The molecule has 0 bridgehead atoms. The van der Waals surface area contributed by atoms with Gasteiger partial charge < -0.3 is 10.4 Å². The second kappa shape index (κ2) is 4.95. The van der Waals surface area contributed by atoms with Crippen LogP contribution in [0.3, 0.4) is 0 Å². The maximum atomic E-state index is 8.78. The van der Waals surface area contributed by atoms with Crippen molar-refractivity contribution in [3.8, 4) is 0 Å². The second-order valence-corrected chi connectivity index (χ2v) is 4.73. The van der Waals surface area contributed by atoms with Gasteiger partial charge >= 0.3 is 0 Å². The Balaban J connectivity index is 2.48. The van der Waals surface area contributed by atoms with Gasteiger partial charge in [-0.2, -0.15) is 0 Å². The molecule has 0 saturated carbocycles. The first kappa shape index (κ1) is 11.6. The molecule has 0 saturated heterocycles. The molecule has 0 aliphatic rings. The zero-order valence-corrected chi connectivity index (χ0v) is 10.4. The van der Waals surface area contributed by atoms with E-state index in [0.717, 1.165) is 16.6 Å². The van der Waals surface area contributed by atoms with Crippen molar-refractivity contribution in [1.29, 1.82) is 0 Å². The molecule has 2 aromatic rings. The minimum atomic E-state index is 0.0634. The molecule has 0 aliphatic carbocycles. The zero-order chi connectivity index (χ0) is 11.5. The molecule has 16 heavy (non-hydrogen) atoms. The minimum absolute atomic E-state index is 0.0634. The Hall–Kier alpha value is -0.910. The summed E-state index contributed by atoms with van der Waals surface area (Å²) in [7, 11) is 0. The molecule has 6 heteroatoms. The quantitative estimate of drug-likeness (QED) is 0.826. The molecule has 0 aliphatic heterocycles. The monoisotopic (exact) mass is 257 g/mol. The molecule has 2 aromatic heterocycles. The van der Waals surface area contributed by atoms with Gasteiger partial charge in [-0.05, 0) is 24.1 Å². The maximum absolute atomic E-state index is 8.78. The topological polar surface area (TPSA) is 58.0 Å². The SMILES string of the molecule is CCc1cc2c(NCCO)nc(Cl)nc2s1. The Kier molecular flexibility index (Phi) is 3.58. The Morgan fingerprint density at radius 2 is 2.31 bits per heavy atom. The third-order valence-electron chi connectivity index (χ3n) is 2.17. The average molecular weight is 258 g/mol. The summed E-state index contributed by atoms with van der Waals surface area (Å²) in [6, 6.07) is 2.07. The lowest BCUT2D eigenvalue weighted by atomic mass is 10.3. The van der Waals surface area contributed by atoms with Crippen LogP contribution in [-0.4, -0.2) is 28.2 Å². The molecule has 0 radical (unpaired) electrons. The number of aromatic nitrogens is 2.